The Balaban J connectivity index is 1.26. The number of hydrogen-bond donors (Lipinski definition) is 1. The number of ether oxygens (including phenoxy) is 2. The van der Waals surface area contributed by atoms with Crippen molar-refractivity contribution in [2.75, 3.05) is 6.61 Å². The van der Waals surface area contributed by atoms with Crippen LogP contribution in [-0.2, 0) is 17.9 Å². The van der Waals surface area contributed by atoms with Crippen LogP contribution in [0.2, 0.25) is 25.7 Å². The molecule has 1 fully saturated rings. The van der Waals surface area contributed by atoms with E-state index in [-0.39, 0.29) is 12.0 Å². The maximum Gasteiger partial charge on any atom is 0.225 e. The molecule has 5 rings (SSSR count). The lowest BCUT2D eigenvalue weighted by atomic mass is 9.93. The first-order valence-corrected chi connectivity index (χ1v) is 17.5. The number of aromatic nitrogens is 4. The standard InChI is InChI=1S/C26H36N4O3SSi/c1-35(2,3)14-13-32-17-30-12-11-20(29-30)21(31)15-18-9-10-22-23(18)24-25(27-16-28-26(24)34-22)33-19-7-5-4-6-8-19/h16,18-19,21,31H,4-10,13-15,17H2,1-3H3/t18-,21+/m1/s1. The van der Waals surface area contributed by atoms with Gasteiger partial charge in [0.2, 0.25) is 5.88 Å². The van der Waals surface area contributed by atoms with Crippen LogP contribution in [0.15, 0.2) is 6.33 Å². The van der Waals surface area contributed by atoms with Crippen LogP contribution < -0.4 is 4.74 Å². The van der Waals surface area contributed by atoms with Crippen molar-refractivity contribution >= 4 is 29.6 Å². The van der Waals surface area contributed by atoms with E-state index in [1.54, 1.807) is 22.3 Å². The third-order valence-electron chi connectivity index (χ3n) is 7.10. The van der Waals surface area contributed by atoms with Crippen LogP contribution in [0.5, 0.6) is 5.88 Å². The number of rotatable bonds is 10. The third-order valence-corrected chi connectivity index (χ3v) is 9.98. The summed E-state index contributed by atoms with van der Waals surface area (Å²) in [6.07, 6.45) is 12.7. The molecule has 0 aromatic carbocycles. The molecule has 35 heavy (non-hydrogen) atoms. The monoisotopic (exact) mass is 512 g/mol. The molecule has 1 N–H and O–H groups in total. The van der Waals surface area contributed by atoms with Gasteiger partial charge in [0.1, 0.15) is 35.8 Å². The zero-order valence-corrected chi connectivity index (χ0v) is 22.9. The van der Waals surface area contributed by atoms with Crippen LogP contribution in [0.1, 0.15) is 73.1 Å². The Kier molecular flexibility index (Phi) is 7.44. The van der Waals surface area contributed by atoms with Crippen LogP contribution in [-0.4, -0.2) is 45.6 Å². The Bertz CT molecular complexity index is 1140. The number of aliphatic hydroxyl groups is 1. The molecule has 0 bridgehead atoms. The zero-order chi connectivity index (χ0) is 24.4. The molecule has 9 heteroatoms. The van der Waals surface area contributed by atoms with Gasteiger partial charge in [-0.1, -0.05) is 26.1 Å². The summed E-state index contributed by atoms with van der Waals surface area (Å²) in [6, 6.07) is 4.13. The predicted octanol–water partition coefficient (Wildman–Crippen LogP) is 5.67. The summed E-state index contributed by atoms with van der Waals surface area (Å²) in [4.78, 5) is 11.4. The molecular weight excluding hydrogens is 476 g/mol. The van der Waals surface area contributed by atoms with E-state index < -0.39 is 14.2 Å². The van der Waals surface area contributed by atoms with Crippen LogP contribution in [0.3, 0.4) is 0 Å². The van der Waals surface area contributed by atoms with Crippen LogP contribution in [0.25, 0.3) is 10.2 Å². The van der Waals surface area contributed by atoms with Crippen LogP contribution in [0, 0.1) is 12.3 Å². The predicted molar refractivity (Wildman–Crippen MR) is 140 cm³/mol. The van der Waals surface area contributed by atoms with Gasteiger partial charge in [0.15, 0.2) is 0 Å². The number of aryl methyl sites for hydroxylation is 1. The van der Waals surface area contributed by atoms with Crippen molar-refractivity contribution in [3.63, 3.8) is 0 Å². The largest absolute Gasteiger partial charge is 0.474 e. The minimum absolute atomic E-state index is 0.222. The molecule has 3 aromatic rings. The molecule has 2 aliphatic carbocycles. The average Bonchev–Trinajstić information content (AvgIpc) is 3.53. The average molecular weight is 513 g/mol. The van der Waals surface area contributed by atoms with Gasteiger partial charge in [-0.2, -0.15) is 9.78 Å². The van der Waals surface area contributed by atoms with Gasteiger partial charge in [0.25, 0.3) is 0 Å². The summed E-state index contributed by atoms with van der Waals surface area (Å²) in [5, 5.41) is 16.6. The highest BCUT2D eigenvalue weighted by molar-refractivity contribution is 7.19. The molecular formula is C26H36N4O3SSi. The fourth-order valence-corrected chi connectivity index (χ4v) is 7.12. The van der Waals surface area contributed by atoms with Gasteiger partial charge in [0.05, 0.1) is 5.39 Å². The van der Waals surface area contributed by atoms with E-state index in [9.17, 15) is 5.11 Å². The van der Waals surface area contributed by atoms with Crippen molar-refractivity contribution in [1.29, 1.82) is 0 Å². The molecule has 0 saturated heterocycles. The van der Waals surface area contributed by atoms with Gasteiger partial charge in [-0.25, -0.2) is 9.97 Å². The molecule has 2 aliphatic rings. The van der Waals surface area contributed by atoms with Crippen molar-refractivity contribution < 1.29 is 14.6 Å². The van der Waals surface area contributed by atoms with Gasteiger partial charge in [-0.15, -0.1) is 11.3 Å². The highest BCUT2D eigenvalue weighted by atomic mass is 32.1. The Morgan fingerprint density at radius 1 is 1.20 bits per heavy atom. The number of thiophene rings is 1. The van der Waals surface area contributed by atoms with E-state index in [4.69, 9.17) is 9.47 Å². The van der Waals surface area contributed by atoms with E-state index in [1.807, 2.05) is 0 Å². The van der Waals surface area contributed by atoms with E-state index in [2.05, 4.69) is 47.0 Å². The summed E-state index contributed by atoms with van der Waals surface area (Å²) in [6.45, 7) is 8.07. The first kappa shape index (κ1) is 24.7. The normalized spacial score (nSPS) is 19.6. The molecule has 1 saturated carbocycles. The van der Waals surface area contributed by atoms with Gasteiger partial charge in [-0.05, 0) is 68.5 Å². The van der Waals surface area contributed by atoms with E-state index in [1.165, 1.54) is 29.7 Å². The minimum Gasteiger partial charge on any atom is -0.474 e. The molecule has 7 nitrogen and oxygen atoms in total. The van der Waals surface area contributed by atoms with E-state index >= 15 is 0 Å². The minimum atomic E-state index is -1.12. The smallest absolute Gasteiger partial charge is 0.225 e. The van der Waals surface area contributed by atoms with Gasteiger partial charge < -0.3 is 14.6 Å². The molecule has 0 radical (unpaired) electrons. The highest BCUT2D eigenvalue weighted by Gasteiger charge is 2.33. The Morgan fingerprint density at radius 3 is 2.83 bits per heavy atom. The Morgan fingerprint density at radius 2 is 2.03 bits per heavy atom. The lowest BCUT2D eigenvalue weighted by Gasteiger charge is -2.23. The molecule has 188 valence electrons. The molecule has 0 spiro atoms. The van der Waals surface area contributed by atoms with Crippen LogP contribution >= 0.6 is 11.3 Å². The van der Waals surface area contributed by atoms with Crippen molar-refractivity contribution in [3.8, 4) is 5.88 Å². The quantitative estimate of drug-likeness (QED) is 0.279. The molecule has 3 heterocycles. The fourth-order valence-electron chi connectivity index (χ4n) is 5.13. The summed E-state index contributed by atoms with van der Waals surface area (Å²) < 4.78 is 13.8. The lowest BCUT2D eigenvalue weighted by molar-refractivity contribution is 0.0760. The van der Waals surface area contributed by atoms with Crippen molar-refractivity contribution in [1.82, 2.24) is 19.7 Å². The first-order chi connectivity index (χ1) is 16.9. The molecule has 0 unspecified atom stereocenters. The van der Waals surface area contributed by atoms with Crippen molar-refractivity contribution in [3.05, 3.63) is 34.7 Å². The lowest BCUT2D eigenvalue weighted by Crippen LogP contribution is -2.22. The second-order valence-corrected chi connectivity index (χ2v) is 17.8. The summed E-state index contributed by atoms with van der Waals surface area (Å²) >= 11 is 1.75. The first-order valence-electron chi connectivity index (χ1n) is 12.9. The molecule has 0 aliphatic heterocycles. The third kappa shape index (κ3) is 5.88. The van der Waals surface area contributed by atoms with Gasteiger partial charge >= 0.3 is 0 Å². The Labute approximate surface area is 212 Å². The van der Waals surface area contributed by atoms with E-state index in [0.29, 0.717) is 18.8 Å². The van der Waals surface area contributed by atoms with Gasteiger partial charge in [0, 0.05) is 25.8 Å². The second kappa shape index (κ2) is 10.6. The number of nitrogens with zero attached hydrogens (tertiary/aromatic N) is 4. The SMILES string of the molecule is C[Si](C)(C)CCOCn1c#cc([C@@H](O)C[C@H]2CCc3sc4ncnc(OC5CCCCC5)c4c32)n1. The van der Waals surface area contributed by atoms with Crippen molar-refractivity contribution in [2.45, 2.75) is 102 Å². The molecule has 2 atom stereocenters. The number of hydrogen-bond acceptors (Lipinski definition) is 7. The summed E-state index contributed by atoms with van der Waals surface area (Å²) in [7, 11) is -1.12. The Hall–Kier alpha value is -1.99. The second-order valence-electron chi connectivity index (χ2n) is 11.1. The maximum atomic E-state index is 11.0. The number of fused-ring (bicyclic) bond motifs is 3. The number of aliphatic hydroxyl groups excluding tert-OH is 1. The zero-order valence-electron chi connectivity index (χ0n) is 21.0. The van der Waals surface area contributed by atoms with E-state index in [0.717, 1.165) is 54.4 Å². The van der Waals surface area contributed by atoms with Gasteiger partial charge in [-0.3, -0.25) is 0 Å². The highest BCUT2D eigenvalue weighted by Crippen LogP contribution is 2.48. The fraction of sp³-hybridized carbons (Fsp3) is 0.654. The summed E-state index contributed by atoms with van der Waals surface area (Å²) in [5.41, 5.74) is 1.80. The molecule has 3 aromatic heterocycles. The topological polar surface area (TPSA) is 82.3 Å². The van der Waals surface area contributed by atoms with Crippen molar-refractivity contribution in [2.24, 2.45) is 0 Å². The van der Waals surface area contributed by atoms with Crippen LogP contribution in [0.4, 0.5) is 0 Å². The summed E-state index contributed by atoms with van der Waals surface area (Å²) in [5.74, 6) is 0.945. The molecule has 0 amide bonds. The maximum absolute atomic E-state index is 11.0.